The van der Waals surface area contributed by atoms with E-state index in [4.69, 9.17) is 9.84 Å². The summed E-state index contributed by atoms with van der Waals surface area (Å²) >= 11 is 3.18. The maximum Gasteiger partial charge on any atom is 0.339 e. The second-order valence-corrected chi connectivity index (χ2v) is 4.84. The normalized spacial score (nSPS) is 10.2. The minimum atomic E-state index is -1.14. The van der Waals surface area contributed by atoms with Crippen LogP contribution in [-0.4, -0.2) is 21.0 Å². The number of carboxylic acid groups (broad SMARTS) is 1. The maximum atomic E-state index is 11.1. The lowest BCUT2D eigenvalue weighted by molar-refractivity contribution is -0.385. The number of ether oxygens (including phenoxy) is 1. The van der Waals surface area contributed by atoms with E-state index in [1.165, 1.54) is 12.1 Å². The van der Waals surface area contributed by atoms with Crippen molar-refractivity contribution in [3.8, 4) is 11.6 Å². The van der Waals surface area contributed by atoms with Crippen LogP contribution >= 0.6 is 15.9 Å². The minimum Gasteiger partial charge on any atom is -0.478 e. The van der Waals surface area contributed by atoms with Crippen molar-refractivity contribution in [1.29, 1.82) is 0 Å². The third-order valence-corrected chi connectivity index (χ3v) is 3.66. The van der Waals surface area contributed by atoms with Crippen molar-refractivity contribution < 1.29 is 19.6 Å². The van der Waals surface area contributed by atoms with E-state index in [0.717, 1.165) is 6.20 Å². The van der Waals surface area contributed by atoms with Gasteiger partial charge in [0.05, 0.1) is 9.40 Å². The fourth-order valence-electron chi connectivity index (χ4n) is 1.64. The molecule has 8 heteroatoms. The summed E-state index contributed by atoms with van der Waals surface area (Å²) in [7, 11) is 0. The predicted molar refractivity (Wildman–Crippen MR) is 76.8 cm³/mol. The number of rotatable bonds is 4. The number of hydrogen-bond donors (Lipinski definition) is 1. The number of aromatic carboxylic acids is 1. The van der Waals surface area contributed by atoms with Gasteiger partial charge in [0.25, 0.3) is 5.69 Å². The minimum absolute atomic E-state index is 0.0257. The Balaban J connectivity index is 2.44. The summed E-state index contributed by atoms with van der Waals surface area (Å²) in [6.07, 6.45) is 1.07. The molecule has 1 aromatic heterocycles. The number of carbonyl (C=O) groups is 1. The van der Waals surface area contributed by atoms with Crippen LogP contribution in [0.25, 0.3) is 0 Å². The van der Waals surface area contributed by atoms with Gasteiger partial charge in [0.1, 0.15) is 17.5 Å². The van der Waals surface area contributed by atoms with Gasteiger partial charge in [-0.15, -0.1) is 0 Å². The third-order valence-electron chi connectivity index (χ3n) is 2.73. The van der Waals surface area contributed by atoms with Crippen molar-refractivity contribution in [3.05, 3.63) is 56.2 Å². The number of hydrogen-bond acceptors (Lipinski definition) is 5. The molecule has 0 aliphatic heterocycles. The summed E-state index contributed by atoms with van der Waals surface area (Å²) in [5.74, 6) is -0.974. The molecule has 0 aliphatic carbocycles. The molecule has 1 aromatic carbocycles. The SMILES string of the molecule is Cc1c([N+](=O)[O-])cnc(Oc2ccccc2C(=O)O)c1Br. The summed E-state index contributed by atoms with van der Waals surface area (Å²) in [6, 6.07) is 6.06. The molecular formula is C13H9BrN2O5. The summed E-state index contributed by atoms with van der Waals surface area (Å²) < 4.78 is 5.76. The van der Waals surface area contributed by atoms with Crippen molar-refractivity contribution >= 4 is 27.6 Å². The Kier molecular flexibility index (Phi) is 4.18. The summed E-state index contributed by atoms with van der Waals surface area (Å²) in [5.41, 5.74) is 0.167. The molecule has 7 nitrogen and oxygen atoms in total. The van der Waals surface area contributed by atoms with E-state index < -0.39 is 10.9 Å². The monoisotopic (exact) mass is 352 g/mol. The van der Waals surface area contributed by atoms with E-state index in [2.05, 4.69) is 20.9 Å². The average Bonchev–Trinajstić information content (AvgIpc) is 2.44. The lowest BCUT2D eigenvalue weighted by Gasteiger charge is -2.10. The molecule has 0 amide bonds. The summed E-state index contributed by atoms with van der Waals surface area (Å²) in [5, 5.41) is 19.9. The van der Waals surface area contributed by atoms with Crippen molar-refractivity contribution in [2.45, 2.75) is 6.92 Å². The molecule has 0 aliphatic rings. The first-order chi connectivity index (χ1) is 9.91. The molecule has 21 heavy (non-hydrogen) atoms. The van der Waals surface area contributed by atoms with Crippen LogP contribution in [0.5, 0.6) is 11.6 Å². The van der Waals surface area contributed by atoms with E-state index in [1.807, 2.05) is 0 Å². The van der Waals surface area contributed by atoms with Crippen molar-refractivity contribution in [2.24, 2.45) is 0 Å². The number of aromatic nitrogens is 1. The van der Waals surface area contributed by atoms with Gasteiger partial charge in [-0.3, -0.25) is 10.1 Å². The second kappa shape index (κ2) is 5.88. The van der Waals surface area contributed by atoms with E-state index >= 15 is 0 Å². The average molecular weight is 353 g/mol. The molecule has 0 saturated heterocycles. The zero-order chi connectivity index (χ0) is 15.6. The van der Waals surface area contributed by atoms with Crippen LogP contribution in [0.1, 0.15) is 15.9 Å². The number of nitrogens with zero attached hydrogens (tertiary/aromatic N) is 2. The lowest BCUT2D eigenvalue weighted by atomic mass is 10.2. The summed E-state index contributed by atoms with van der Waals surface area (Å²) in [6.45, 7) is 1.54. The molecule has 0 atom stereocenters. The fourth-order valence-corrected chi connectivity index (χ4v) is 2.02. The number of nitro groups is 1. The molecule has 0 radical (unpaired) electrons. The van der Waals surface area contributed by atoms with Gasteiger partial charge in [-0.25, -0.2) is 9.78 Å². The van der Waals surface area contributed by atoms with Crippen molar-refractivity contribution in [1.82, 2.24) is 4.98 Å². The van der Waals surface area contributed by atoms with Gasteiger partial charge in [-0.1, -0.05) is 12.1 Å². The highest BCUT2D eigenvalue weighted by Crippen LogP contribution is 2.35. The molecule has 0 spiro atoms. The van der Waals surface area contributed by atoms with Crippen LogP contribution in [-0.2, 0) is 0 Å². The molecule has 0 unspecified atom stereocenters. The van der Waals surface area contributed by atoms with Crippen LogP contribution in [0.2, 0.25) is 0 Å². The number of pyridine rings is 1. The number of halogens is 1. The highest BCUT2D eigenvalue weighted by molar-refractivity contribution is 9.10. The Bertz CT molecular complexity index is 732. The van der Waals surface area contributed by atoms with Crippen molar-refractivity contribution in [2.75, 3.05) is 0 Å². The Morgan fingerprint density at radius 2 is 2.10 bits per heavy atom. The van der Waals surface area contributed by atoms with Gasteiger partial charge in [0, 0.05) is 5.56 Å². The molecule has 0 saturated carbocycles. The number of para-hydroxylation sites is 1. The highest BCUT2D eigenvalue weighted by atomic mass is 79.9. The van der Waals surface area contributed by atoms with Gasteiger partial charge in [0.15, 0.2) is 0 Å². The van der Waals surface area contributed by atoms with Crippen LogP contribution in [0.15, 0.2) is 34.9 Å². The molecule has 2 aromatic rings. The first kappa shape index (κ1) is 14.9. The summed E-state index contributed by atoms with van der Waals surface area (Å²) in [4.78, 5) is 25.2. The van der Waals surface area contributed by atoms with E-state index in [0.29, 0.717) is 10.0 Å². The van der Waals surface area contributed by atoms with Crippen LogP contribution in [0.4, 0.5) is 5.69 Å². The van der Waals surface area contributed by atoms with E-state index in [9.17, 15) is 14.9 Å². The Morgan fingerprint density at radius 3 is 2.71 bits per heavy atom. The van der Waals surface area contributed by atoms with Gasteiger partial charge in [-0.05, 0) is 35.0 Å². The van der Waals surface area contributed by atoms with Gasteiger partial charge in [-0.2, -0.15) is 0 Å². The first-order valence-corrected chi connectivity index (χ1v) is 6.50. The zero-order valence-corrected chi connectivity index (χ0v) is 12.3. The smallest absolute Gasteiger partial charge is 0.339 e. The molecular weight excluding hydrogens is 344 g/mol. The maximum absolute atomic E-state index is 11.1. The quantitative estimate of drug-likeness (QED) is 0.666. The Labute approximate surface area is 127 Å². The molecule has 108 valence electrons. The molecule has 1 heterocycles. The lowest BCUT2D eigenvalue weighted by Crippen LogP contribution is -2.02. The van der Waals surface area contributed by atoms with Gasteiger partial charge >= 0.3 is 5.97 Å². The van der Waals surface area contributed by atoms with Crippen molar-refractivity contribution in [3.63, 3.8) is 0 Å². The molecule has 0 bridgehead atoms. The molecule has 2 rings (SSSR count). The zero-order valence-electron chi connectivity index (χ0n) is 10.7. The largest absolute Gasteiger partial charge is 0.478 e. The third kappa shape index (κ3) is 3.00. The van der Waals surface area contributed by atoms with Gasteiger partial charge < -0.3 is 9.84 Å². The number of carboxylic acids is 1. The fraction of sp³-hybridized carbons (Fsp3) is 0.0769. The highest BCUT2D eigenvalue weighted by Gasteiger charge is 2.20. The molecule has 1 N–H and O–H groups in total. The standard InChI is InChI=1S/C13H9BrN2O5/c1-7-9(16(19)20)6-15-12(11(7)14)21-10-5-3-2-4-8(10)13(17)18/h2-6H,1H3,(H,17,18). The Morgan fingerprint density at radius 1 is 1.43 bits per heavy atom. The van der Waals surface area contributed by atoms with Gasteiger partial charge in [0.2, 0.25) is 5.88 Å². The van der Waals surface area contributed by atoms with Crippen LogP contribution < -0.4 is 4.74 Å². The topological polar surface area (TPSA) is 103 Å². The van der Waals surface area contributed by atoms with Crippen LogP contribution in [0, 0.1) is 17.0 Å². The number of benzene rings is 1. The predicted octanol–water partition coefficient (Wildman–Crippen LogP) is 3.55. The van der Waals surface area contributed by atoms with E-state index in [-0.39, 0.29) is 22.9 Å². The van der Waals surface area contributed by atoms with E-state index in [1.54, 1.807) is 19.1 Å². The van der Waals surface area contributed by atoms with Crippen LogP contribution in [0.3, 0.4) is 0 Å². The molecule has 0 fully saturated rings. The Hall–Kier alpha value is -2.48. The first-order valence-electron chi connectivity index (χ1n) is 5.71. The second-order valence-electron chi connectivity index (χ2n) is 4.05.